The summed E-state index contributed by atoms with van der Waals surface area (Å²) >= 11 is 0. The molecule has 2 aliphatic rings. The van der Waals surface area contributed by atoms with Gasteiger partial charge in [-0.1, -0.05) is 0 Å². The van der Waals surface area contributed by atoms with E-state index >= 15 is 0 Å². The van der Waals surface area contributed by atoms with Crippen LogP contribution in [0.1, 0.15) is 30.9 Å². The average Bonchev–Trinajstić information content (AvgIpc) is 2.63. The minimum Gasteiger partial charge on any atom is -0.316 e. The third-order valence-corrected chi connectivity index (χ3v) is 3.70. The molecule has 1 aromatic rings. The molecule has 74 valence electrons. The second-order valence-electron chi connectivity index (χ2n) is 4.67. The lowest BCUT2D eigenvalue weighted by atomic mass is 9.79. The molecule has 3 heteroatoms. The molecule has 1 N–H and O–H groups in total. The van der Waals surface area contributed by atoms with E-state index < -0.39 is 0 Å². The Balaban J connectivity index is 1.76. The summed E-state index contributed by atoms with van der Waals surface area (Å²) in [5.74, 6) is 0.658. The van der Waals surface area contributed by atoms with Crippen LogP contribution in [0.5, 0.6) is 0 Å². The van der Waals surface area contributed by atoms with Crippen LogP contribution in [-0.4, -0.2) is 23.1 Å². The molecule has 1 unspecified atom stereocenters. The highest BCUT2D eigenvalue weighted by atomic mass is 15.0. The van der Waals surface area contributed by atoms with Crippen molar-refractivity contribution in [2.24, 2.45) is 5.41 Å². The highest BCUT2D eigenvalue weighted by Gasteiger charge is 2.44. The van der Waals surface area contributed by atoms with Crippen molar-refractivity contribution in [3.63, 3.8) is 0 Å². The zero-order valence-corrected chi connectivity index (χ0v) is 8.24. The average molecular weight is 189 g/mol. The standard InChI is InChI=1S/C11H15N3/c1-2-11(7-13-8-11)5-9(1)10-6-12-3-4-14-10/h3-4,6,9,13H,1-2,5,7-8H2. The Morgan fingerprint density at radius 2 is 2.29 bits per heavy atom. The maximum absolute atomic E-state index is 4.40. The van der Waals surface area contributed by atoms with E-state index in [0.717, 1.165) is 0 Å². The van der Waals surface area contributed by atoms with E-state index in [2.05, 4.69) is 15.3 Å². The van der Waals surface area contributed by atoms with Crippen molar-refractivity contribution < 1.29 is 0 Å². The van der Waals surface area contributed by atoms with Gasteiger partial charge in [0.1, 0.15) is 0 Å². The number of nitrogens with zero attached hydrogens (tertiary/aromatic N) is 2. The summed E-state index contributed by atoms with van der Waals surface area (Å²) in [5.41, 5.74) is 1.80. The quantitative estimate of drug-likeness (QED) is 0.724. The van der Waals surface area contributed by atoms with Gasteiger partial charge < -0.3 is 5.32 Å². The second kappa shape index (κ2) is 3.02. The molecular formula is C11H15N3. The Morgan fingerprint density at radius 3 is 2.86 bits per heavy atom. The van der Waals surface area contributed by atoms with Crippen LogP contribution >= 0.6 is 0 Å². The Kier molecular flexibility index (Phi) is 1.80. The van der Waals surface area contributed by atoms with Crippen molar-refractivity contribution in [2.45, 2.75) is 25.2 Å². The van der Waals surface area contributed by atoms with Crippen molar-refractivity contribution in [1.29, 1.82) is 0 Å². The van der Waals surface area contributed by atoms with Crippen molar-refractivity contribution in [3.8, 4) is 0 Å². The summed E-state index contributed by atoms with van der Waals surface area (Å²) < 4.78 is 0. The van der Waals surface area contributed by atoms with E-state index in [1.165, 1.54) is 38.0 Å². The maximum Gasteiger partial charge on any atom is 0.0617 e. The predicted octanol–water partition coefficient (Wildman–Crippen LogP) is 1.33. The van der Waals surface area contributed by atoms with Gasteiger partial charge in [-0.05, 0) is 24.7 Å². The molecular weight excluding hydrogens is 174 g/mol. The van der Waals surface area contributed by atoms with E-state index in [1.807, 2.05) is 6.20 Å². The van der Waals surface area contributed by atoms with Crippen LogP contribution < -0.4 is 5.32 Å². The molecule has 1 aromatic heterocycles. The van der Waals surface area contributed by atoms with Crippen molar-refractivity contribution in [2.75, 3.05) is 13.1 Å². The van der Waals surface area contributed by atoms with Crippen LogP contribution in [0.3, 0.4) is 0 Å². The molecule has 14 heavy (non-hydrogen) atoms. The first kappa shape index (κ1) is 8.36. The Hall–Kier alpha value is -0.960. The van der Waals surface area contributed by atoms with Crippen molar-refractivity contribution in [1.82, 2.24) is 15.3 Å². The highest BCUT2D eigenvalue weighted by Crippen LogP contribution is 2.48. The molecule has 1 aliphatic heterocycles. The normalized spacial score (nSPS) is 29.0. The van der Waals surface area contributed by atoms with Crippen molar-refractivity contribution >= 4 is 0 Å². The predicted molar refractivity (Wildman–Crippen MR) is 53.9 cm³/mol. The van der Waals surface area contributed by atoms with Gasteiger partial charge in [0.2, 0.25) is 0 Å². The molecule has 0 aromatic carbocycles. The van der Waals surface area contributed by atoms with Gasteiger partial charge in [0, 0.05) is 37.6 Å². The van der Waals surface area contributed by atoms with Crippen LogP contribution in [0.2, 0.25) is 0 Å². The molecule has 0 bridgehead atoms. The maximum atomic E-state index is 4.40. The lowest BCUT2D eigenvalue weighted by Crippen LogP contribution is -2.51. The molecule has 2 heterocycles. The molecule has 1 saturated carbocycles. The second-order valence-corrected chi connectivity index (χ2v) is 4.67. The molecule has 0 radical (unpaired) electrons. The Morgan fingerprint density at radius 1 is 1.36 bits per heavy atom. The molecule has 1 saturated heterocycles. The van der Waals surface area contributed by atoms with Crippen LogP contribution in [-0.2, 0) is 0 Å². The fourth-order valence-corrected chi connectivity index (χ4v) is 2.78. The summed E-state index contributed by atoms with van der Waals surface area (Å²) in [4.78, 5) is 8.54. The fraction of sp³-hybridized carbons (Fsp3) is 0.636. The summed E-state index contributed by atoms with van der Waals surface area (Å²) in [6.45, 7) is 2.42. The number of rotatable bonds is 1. The lowest BCUT2D eigenvalue weighted by molar-refractivity contribution is 0.175. The van der Waals surface area contributed by atoms with E-state index in [9.17, 15) is 0 Å². The highest BCUT2D eigenvalue weighted by molar-refractivity contribution is 5.11. The molecule has 1 atom stereocenters. The largest absolute Gasteiger partial charge is 0.316 e. The number of aromatic nitrogens is 2. The lowest BCUT2D eigenvalue weighted by Gasteiger charge is -2.39. The summed E-state index contributed by atoms with van der Waals surface area (Å²) in [6.07, 6.45) is 9.44. The molecule has 1 spiro atoms. The minimum atomic E-state index is 0.613. The van der Waals surface area contributed by atoms with E-state index in [4.69, 9.17) is 0 Å². The van der Waals surface area contributed by atoms with E-state index in [1.54, 1.807) is 12.4 Å². The van der Waals surface area contributed by atoms with Crippen molar-refractivity contribution in [3.05, 3.63) is 24.3 Å². The van der Waals surface area contributed by atoms with Gasteiger partial charge in [-0.25, -0.2) is 0 Å². The third-order valence-electron chi connectivity index (χ3n) is 3.70. The monoisotopic (exact) mass is 189 g/mol. The summed E-state index contributed by atoms with van der Waals surface area (Å²) in [5, 5.41) is 3.38. The minimum absolute atomic E-state index is 0.613. The van der Waals surface area contributed by atoms with Crippen LogP contribution in [0.4, 0.5) is 0 Å². The van der Waals surface area contributed by atoms with Gasteiger partial charge in [-0.2, -0.15) is 0 Å². The van der Waals surface area contributed by atoms with Gasteiger partial charge in [-0.3, -0.25) is 9.97 Å². The zero-order valence-electron chi connectivity index (χ0n) is 8.24. The third kappa shape index (κ3) is 1.23. The number of nitrogens with one attached hydrogen (secondary N) is 1. The topological polar surface area (TPSA) is 37.8 Å². The van der Waals surface area contributed by atoms with Crippen LogP contribution in [0, 0.1) is 5.41 Å². The summed E-state index contributed by atoms with van der Waals surface area (Å²) in [7, 11) is 0. The first-order valence-corrected chi connectivity index (χ1v) is 5.35. The van der Waals surface area contributed by atoms with Gasteiger partial charge in [-0.15, -0.1) is 0 Å². The van der Waals surface area contributed by atoms with Gasteiger partial charge in [0.05, 0.1) is 5.69 Å². The SMILES string of the molecule is c1cnc(C2CCC3(CNC3)C2)cn1. The van der Waals surface area contributed by atoms with Crippen LogP contribution in [0.25, 0.3) is 0 Å². The Bertz CT molecular complexity index is 319. The molecule has 3 nitrogen and oxygen atoms in total. The molecule has 1 aliphatic carbocycles. The first-order valence-electron chi connectivity index (χ1n) is 5.35. The summed E-state index contributed by atoms with van der Waals surface area (Å²) in [6, 6.07) is 0. The first-order chi connectivity index (χ1) is 6.88. The van der Waals surface area contributed by atoms with E-state index in [0.29, 0.717) is 11.3 Å². The number of hydrogen-bond donors (Lipinski definition) is 1. The Labute approximate surface area is 84.0 Å². The molecule has 2 fully saturated rings. The van der Waals surface area contributed by atoms with Gasteiger partial charge in [0.25, 0.3) is 0 Å². The molecule has 3 rings (SSSR count). The van der Waals surface area contributed by atoms with Gasteiger partial charge >= 0.3 is 0 Å². The fourth-order valence-electron chi connectivity index (χ4n) is 2.78. The zero-order chi connectivity index (χ0) is 9.43. The van der Waals surface area contributed by atoms with Gasteiger partial charge in [0.15, 0.2) is 0 Å². The smallest absolute Gasteiger partial charge is 0.0617 e. The van der Waals surface area contributed by atoms with Crippen LogP contribution in [0.15, 0.2) is 18.6 Å². The molecule has 0 amide bonds. The van der Waals surface area contributed by atoms with E-state index in [-0.39, 0.29) is 0 Å². The number of hydrogen-bond acceptors (Lipinski definition) is 3.